The molecule has 0 saturated carbocycles. The highest BCUT2D eigenvalue weighted by Crippen LogP contribution is 2.15. The number of hydrogen-bond acceptors (Lipinski definition) is 1. The molecule has 0 bridgehead atoms. The first-order chi connectivity index (χ1) is 13.2. The average Bonchev–Trinajstić information content (AvgIpc) is 3.09. The lowest BCUT2D eigenvalue weighted by molar-refractivity contribution is -0.132. The summed E-state index contributed by atoms with van der Waals surface area (Å²) < 4.78 is 15.6. The number of carbonyl (C=O) groups is 1. The molecule has 0 fully saturated rings. The Morgan fingerprint density at radius 3 is 2.48 bits per heavy atom. The highest BCUT2D eigenvalue weighted by atomic mass is 19.1. The third kappa shape index (κ3) is 5.30. The summed E-state index contributed by atoms with van der Waals surface area (Å²) in [5.74, 6) is -0.0788. The van der Waals surface area contributed by atoms with Crippen molar-refractivity contribution in [1.82, 2.24) is 9.47 Å². The number of amides is 1. The Morgan fingerprint density at radius 2 is 1.74 bits per heavy atom. The summed E-state index contributed by atoms with van der Waals surface area (Å²) in [6.07, 6.45) is 3.34. The molecule has 0 aliphatic carbocycles. The molecule has 4 heteroatoms. The molecule has 1 aromatic heterocycles. The number of aromatic nitrogens is 1. The van der Waals surface area contributed by atoms with Gasteiger partial charge in [0.1, 0.15) is 5.82 Å². The molecule has 0 radical (unpaired) electrons. The van der Waals surface area contributed by atoms with E-state index in [9.17, 15) is 9.18 Å². The smallest absolute Gasteiger partial charge is 0.223 e. The second-order valence-corrected chi connectivity index (χ2v) is 6.74. The fourth-order valence-electron chi connectivity index (χ4n) is 3.18. The van der Waals surface area contributed by atoms with Gasteiger partial charge in [0.25, 0.3) is 0 Å². The summed E-state index contributed by atoms with van der Waals surface area (Å²) in [6.45, 7) is 3.73. The van der Waals surface area contributed by atoms with Crippen LogP contribution in [0.3, 0.4) is 0 Å². The third-order valence-electron chi connectivity index (χ3n) is 4.55. The van der Waals surface area contributed by atoms with E-state index >= 15 is 0 Å². The summed E-state index contributed by atoms with van der Waals surface area (Å²) in [5.41, 5.74) is 3.06. The number of carbonyl (C=O) groups excluding carboxylic acids is 1. The van der Waals surface area contributed by atoms with Crippen molar-refractivity contribution >= 4 is 5.91 Å². The average molecular weight is 364 g/mol. The Kier molecular flexibility index (Phi) is 6.42. The Labute approximate surface area is 160 Å². The van der Waals surface area contributed by atoms with Crippen LogP contribution in [0.25, 0.3) is 0 Å². The summed E-state index contributed by atoms with van der Waals surface area (Å²) in [7, 11) is 0. The zero-order chi connectivity index (χ0) is 19.1. The van der Waals surface area contributed by atoms with E-state index in [1.807, 2.05) is 66.6 Å². The van der Waals surface area contributed by atoms with Gasteiger partial charge in [-0.2, -0.15) is 0 Å². The SMILES string of the molecule is CCCC(=O)N(Cc1ccccc1)Cc1cccn1Cc1cccc(F)c1. The molecular weight excluding hydrogens is 339 g/mol. The van der Waals surface area contributed by atoms with Gasteiger partial charge < -0.3 is 9.47 Å². The molecular formula is C23H25FN2O. The molecule has 0 aliphatic rings. The molecule has 0 atom stereocenters. The summed E-state index contributed by atoms with van der Waals surface area (Å²) in [5, 5.41) is 0. The van der Waals surface area contributed by atoms with Crippen molar-refractivity contribution in [2.75, 3.05) is 0 Å². The first-order valence-electron chi connectivity index (χ1n) is 9.36. The molecule has 0 spiro atoms. The Balaban J connectivity index is 1.77. The van der Waals surface area contributed by atoms with Crippen LogP contribution in [0.5, 0.6) is 0 Å². The van der Waals surface area contributed by atoms with Crippen molar-refractivity contribution in [3.05, 3.63) is 95.6 Å². The van der Waals surface area contributed by atoms with Crippen molar-refractivity contribution in [3.8, 4) is 0 Å². The van der Waals surface area contributed by atoms with Gasteiger partial charge in [-0.05, 0) is 41.8 Å². The van der Waals surface area contributed by atoms with Crippen molar-refractivity contribution in [2.45, 2.75) is 39.4 Å². The molecule has 140 valence electrons. The van der Waals surface area contributed by atoms with E-state index in [1.54, 1.807) is 12.1 Å². The summed E-state index contributed by atoms with van der Waals surface area (Å²) in [6, 6.07) is 20.7. The molecule has 3 aromatic rings. The van der Waals surface area contributed by atoms with Gasteiger partial charge in [-0.15, -0.1) is 0 Å². The zero-order valence-corrected chi connectivity index (χ0v) is 15.6. The van der Waals surface area contributed by atoms with E-state index in [4.69, 9.17) is 0 Å². The van der Waals surface area contributed by atoms with Crippen LogP contribution in [0.1, 0.15) is 36.6 Å². The number of halogens is 1. The van der Waals surface area contributed by atoms with Gasteiger partial charge in [-0.25, -0.2) is 4.39 Å². The predicted octanol–water partition coefficient (Wildman–Crippen LogP) is 5.00. The first-order valence-corrected chi connectivity index (χ1v) is 9.36. The second kappa shape index (κ2) is 9.17. The molecule has 0 saturated heterocycles. The van der Waals surface area contributed by atoms with Crippen LogP contribution in [0.2, 0.25) is 0 Å². The van der Waals surface area contributed by atoms with Gasteiger partial charge in [-0.3, -0.25) is 4.79 Å². The zero-order valence-electron chi connectivity index (χ0n) is 15.6. The van der Waals surface area contributed by atoms with Crippen LogP contribution in [-0.2, 0) is 24.4 Å². The lowest BCUT2D eigenvalue weighted by Gasteiger charge is -2.24. The maximum absolute atomic E-state index is 13.5. The minimum absolute atomic E-state index is 0.153. The molecule has 0 aliphatic heterocycles. The Morgan fingerprint density at radius 1 is 0.963 bits per heavy atom. The number of benzene rings is 2. The predicted molar refractivity (Wildman–Crippen MR) is 106 cm³/mol. The first kappa shape index (κ1) is 18.9. The highest BCUT2D eigenvalue weighted by molar-refractivity contribution is 5.76. The van der Waals surface area contributed by atoms with Crippen molar-refractivity contribution in [2.24, 2.45) is 0 Å². The monoisotopic (exact) mass is 364 g/mol. The van der Waals surface area contributed by atoms with Crippen molar-refractivity contribution in [3.63, 3.8) is 0 Å². The number of rotatable bonds is 8. The van der Waals surface area contributed by atoms with E-state index in [0.717, 1.165) is 23.2 Å². The van der Waals surface area contributed by atoms with Gasteiger partial charge >= 0.3 is 0 Å². The van der Waals surface area contributed by atoms with Gasteiger partial charge in [-0.1, -0.05) is 49.4 Å². The lowest BCUT2D eigenvalue weighted by Crippen LogP contribution is -2.30. The minimum atomic E-state index is -0.231. The second-order valence-electron chi connectivity index (χ2n) is 6.74. The van der Waals surface area contributed by atoms with Crippen molar-refractivity contribution in [1.29, 1.82) is 0 Å². The number of nitrogens with zero attached hydrogens (tertiary/aromatic N) is 2. The largest absolute Gasteiger partial charge is 0.345 e. The maximum Gasteiger partial charge on any atom is 0.223 e. The molecule has 3 rings (SSSR count). The standard InChI is InChI=1S/C23H25FN2O/c1-2-8-23(27)26(16-19-9-4-3-5-10-19)18-22-13-7-14-25(22)17-20-11-6-12-21(24)15-20/h3-7,9-15H,2,8,16-18H2,1H3. The van der Waals surface area contributed by atoms with Gasteiger partial charge in [0.05, 0.1) is 6.54 Å². The highest BCUT2D eigenvalue weighted by Gasteiger charge is 2.15. The van der Waals surface area contributed by atoms with Crippen LogP contribution in [0.4, 0.5) is 4.39 Å². The van der Waals surface area contributed by atoms with Gasteiger partial charge in [0.2, 0.25) is 5.91 Å². The van der Waals surface area contributed by atoms with E-state index in [1.165, 1.54) is 6.07 Å². The van der Waals surface area contributed by atoms with E-state index in [0.29, 0.717) is 26.1 Å². The molecule has 0 unspecified atom stereocenters. The van der Waals surface area contributed by atoms with Gasteiger partial charge in [0.15, 0.2) is 0 Å². The van der Waals surface area contributed by atoms with Crippen LogP contribution in [0.15, 0.2) is 72.9 Å². The minimum Gasteiger partial charge on any atom is -0.345 e. The van der Waals surface area contributed by atoms with Crippen LogP contribution < -0.4 is 0 Å². The Bertz CT molecular complexity index is 873. The lowest BCUT2D eigenvalue weighted by atomic mass is 10.2. The third-order valence-corrected chi connectivity index (χ3v) is 4.55. The van der Waals surface area contributed by atoms with Crippen molar-refractivity contribution < 1.29 is 9.18 Å². The topological polar surface area (TPSA) is 25.2 Å². The molecule has 1 amide bonds. The quantitative estimate of drug-likeness (QED) is 0.552. The van der Waals surface area contributed by atoms with Crippen LogP contribution >= 0.6 is 0 Å². The maximum atomic E-state index is 13.5. The Hall–Kier alpha value is -2.88. The molecule has 0 N–H and O–H groups in total. The number of hydrogen-bond donors (Lipinski definition) is 0. The van der Waals surface area contributed by atoms with E-state index in [2.05, 4.69) is 4.57 Å². The summed E-state index contributed by atoms with van der Waals surface area (Å²) >= 11 is 0. The van der Waals surface area contributed by atoms with Gasteiger partial charge in [0, 0.05) is 31.4 Å². The van der Waals surface area contributed by atoms with E-state index < -0.39 is 0 Å². The normalized spacial score (nSPS) is 10.7. The molecule has 1 heterocycles. The van der Waals surface area contributed by atoms with Crippen LogP contribution in [0, 0.1) is 5.82 Å². The fourth-order valence-corrected chi connectivity index (χ4v) is 3.18. The molecule has 2 aromatic carbocycles. The molecule has 27 heavy (non-hydrogen) atoms. The van der Waals surface area contributed by atoms with Crippen LogP contribution in [-0.4, -0.2) is 15.4 Å². The van der Waals surface area contributed by atoms with E-state index in [-0.39, 0.29) is 11.7 Å². The fraction of sp³-hybridized carbons (Fsp3) is 0.261. The molecule has 3 nitrogen and oxygen atoms in total. The summed E-state index contributed by atoms with van der Waals surface area (Å²) in [4.78, 5) is 14.6.